The number of amides is 2. The summed E-state index contributed by atoms with van der Waals surface area (Å²) in [7, 11) is 0. The Kier molecular flexibility index (Phi) is 6.91. The summed E-state index contributed by atoms with van der Waals surface area (Å²) in [5.74, 6) is -1.58. The molecule has 2 N–H and O–H groups in total. The summed E-state index contributed by atoms with van der Waals surface area (Å²) in [6.07, 6.45) is 0.0127. The molecule has 1 saturated heterocycles. The summed E-state index contributed by atoms with van der Waals surface area (Å²) in [6.45, 7) is 6.28. The highest BCUT2D eigenvalue weighted by molar-refractivity contribution is 5.81. The van der Waals surface area contributed by atoms with E-state index in [2.05, 4.69) is 29.6 Å². The number of nitrogens with zero attached hydrogens (tertiary/aromatic N) is 1. The number of hydrogen-bond acceptors (Lipinski definition) is 4. The summed E-state index contributed by atoms with van der Waals surface area (Å²) in [4.78, 5) is 38.6. The Morgan fingerprint density at radius 2 is 1.65 bits per heavy atom. The molecule has 0 spiro atoms. The zero-order chi connectivity index (χ0) is 24.4. The van der Waals surface area contributed by atoms with Gasteiger partial charge in [0.05, 0.1) is 5.92 Å². The number of rotatable bonds is 7. The van der Waals surface area contributed by atoms with E-state index in [0.29, 0.717) is 13.0 Å². The van der Waals surface area contributed by atoms with Gasteiger partial charge in [0, 0.05) is 31.0 Å². The molecule has 2 aromatic rings. The fourth-order valence-electron chi connectivity index (χ4n) is 5.17. The summed E-state index contributed by atoms with van der Waals surface area (Å²) in [5.41, 5.74) is 4.61. The lowest BCUT2D eigenvalue weighted by Crippen LogP contribution is -2.45. The third-order valence-corrected chi connectivity index (χ3v) is 7.24. The number of carboxylic acid groups (broad SMARTS) is 1. The molecule has 0 saturated carbocycles. The van der Waals surface area contributed by atoms with E-state index in [1.54, 1.807) is 11.8 Å². The first-order chi connectivity index (χ1) is 16.3. The molecule has 1 heterocycles. The van der Waals surface area contributed by atoms with E-state index in [-0.39, 0.29) is 36.8 Å². The number of hydrogen-bond donors (Lipinski definition) is 2. The lowest BCUT2D eigenvalue weighted by atomic mass is 9.98. The van der Waals surface area contributed by atoms with Crippen molar-refractivity contribution in [3.05, 3.63) is 59.7 Å². The number of benzene rings is 2. The van der Waals surface area contributed by atoms with Crippen molar-refractivity contribution in [3.63, 3.8) is 0 Å². The topological polar surface area (TPSA) is 95.9 Å². The average molecular weight is 465 g/mol. The number of carbonyl (C=O) groups excluding carboxylic acids is 2. The van der Waals surface area contributed by atoms with Crippen molar-refractivity contribution < 1.29 is 24.2 Å². The van der Waals surface area contributed by atoms with Gasteiger partial charge in [-0.1, -0.05) is 62.4 Å². The van der Waals surface area contributed by atoms with Crippen LogP contribution < -0.4 is 5.32 Å². The highest BCUT2D eigenvalue weighted by Crippen LogP contribution is 2.44. The second kappa shape index (κ2) is 9.87. The average Bonchev–Trinajstić information content (AvgIpc) is 3.35. The van der Waals surface area contributed by atoms with Crippen molar-refractivity contribution in [1.82, 2.24) is 10.2 Å². The maximum absolute atomic E-state index is 12.9. The van der Waals surface area contributed by atoms with Crippen LogP contribution in [0.1, 0.15) is 50.7 Å². The molecule has 2 aromatic carbocycles. The zero-order valence-electron chi connectivity index (χ0n) is 19.9. The first-order valence-electron chi connectivity index (χ1n) is 11.9. The van der Waals surface area contributed by atoms with Crippen molar-refractivity contribution in [2.45, 2.75) is 51.6 Å². The fourth-order valence-corrected chi connectivity index (χ4v) is 5.17. The van der Waals surface area contributed by atoms with Crippen LogP contribution in [0.15, 0.2) is 48.5 Å². The van der Waals surface area contributed by atoms with Crippen molar-refractivity contribution in [2.24, 2.45) is 11.8 Å². The number of nitrogens with one attached hydrogen (secondary N) is 1. The molecule has 1 fully saturated rings. The van der Waals surface area contributed by atoms with Gasteiger partial charge in [-0.25, -0.2) is 4.79 Å². The first kappa shape index (κ1) is 23.8. The Morgan fingerprint density at radius 1 is 1.06 bits per heavy atom. The van der Waals surface area contributed by atoms with Crippen LogP contribution in [0.5, 0.6) is 0 Å². The molecule has 180 valence electrons. The van der Waals surface area contributed by atoms with E-state index in [4.69, 9.17) is 4.74 Å². The molecule has 7 nitrogen and oxygen atoms in total. The van der Waals surface area contributed by atoms with Crippen LogP contribution in [0.3, 0.4) is 0 Å². The molecule has 2 unspecified atom stereocenters. The number of carbonyl (C=O) groups is 3. The summed E-state index contributed by atoms with van der Waals surface area (Å²) in [6, 6.07) is 15.6. The molecule has 2 amide bonds. The van der Waals surface area contributed by atoms with Crippen LogP contribution in [0.2, 0.25) is 0 Å². The molecule has 0 radical (unpaired) electrons. The minimum absolute atomic E-state index is 0.0117. The number of carboxylic acids is 1. The predicted octanol–water partition coefficient (Wildman–Crippen LogP) is 4.26. The third-order valence-electron chi connectivity index (χ3n) is 7.24. The molecular weight excluding hydrogens is 432 g/mol. The number of alkyl carbamates (subject to hydrolysis) is 1. The van der Waals surface area contributed by atoms with Crippen molar-refractivity contribution in [3.8, 4) is 11.1 Å². The van der Waals surface area contributed by atoms with Crippen molar-refractivity contribution >= 4 is 18.0 Å². The van der Waals surface area contributed by atoms with Crippen LogP contribution in [-0.4, -0.2) is 53.2 Å². The molecular formula is C27H32N2O5. The third kappa shape index (κ3) is 4.65. The quantitative estimate of drug-likeness (QED) is 0.638. The number of aliphatic carboxylic acids is 1. The molecule has 7 heteroatoms. The molecule has 0 aromatic heterocycles. The number of ether oxygens (including phenoxy) is 1. The standard InChI is InChI=1S/C27H32N2O5/c1-16(2)24(14-25(30)29-13-12-18(17(29)3)26(31)32)28-27(33)34-15-23-21-10-6-4-8-19(21)20-9-5-7-11-22(20)23/h4-11,16-18,23-24H,12-15H2,1-3H3,(H,28,33)(H,31,32)/t17?,18?,24-/m1/s1. The number of fused-ring (bicyclic) bond motifs is 3. The van der Waals surface area contributed by atoms with Gasteiger partial charge in [-0.05, 0) is 41.5 Å². The predicted molar refractivity (Wildman–Crippen MR) is 128 cm³/mol. The van der Waals surface area contributed by atoms with Gasteiger partial charge in [-0.3, -0.25) is 9.59 Å². The van der Waals surface area contributed by atoms with Gasteiger partial charge in [-0.2, -0.15) is 0 Å². The maximum atomic E-state index is 12.9. The van der Waals surface area contributed by atoms with Crippen molar-refractivity contribution in [1.29, 1.82) is 0 Å². The van der Waals surface area contributed by atoms with Gasteiger partial charge in [0.2, 0.25) is 5.91 Å². The fraction of sp³-hybridized carbons (Fsp3) is 0.444. The van der Waals surface area contributed by atoms with E-state index in [0.717, 1.165) is 22.3 Å². The van der Waals surface area contributed by atoms with E-state index >= 15 is 0 Å². The van der Waals surface area contributed by atoms with Gasteiger partial charge >= 0.3 is 12.1 Å². The summed E-state index contributed by atoms with van der Waals surface area (Å²) < 4.78 is 5.64. The first-order valence-corrected chi connectivity index (χ1v) is 11.9. The SMILES string of the molecule is CC(C)[C@@H](CC(=O)N1CCC(C(=O)O)C1C)NC(=O)OCC1c2ccccc2-c2ccccc21. The monoisotopic (exact) mass is 464 g/mol. The van der Waals surface area contributed by atoms with Gasteiger partial charge in [-0.15, -0.1) is 0 Å². The summed E-state index contributed by atoms with van der Waals surface area (Å²) in [5, 5.41) is 12.2. The zero-order valence-corrected chi connectivity index (χ0v) is 19.9. The largest absolute Gasteiger partial charge is 0.481 e. The van der Waals surface area contributed by atoms with E-state index in [9.17, 15) is 19.5 Å². The van der Waals surface area contributed by atoms with E-state index < -0.39 is 24.0 Å². The Labute approximate surface area is 200 Å². The molecule has 4 rings (SSSR count). The van der Waals surface area contributed by atoms with Crippen LogP contribution in [0.4, 0.5) is 4.79 Å². The number of likely N-dealkylation sites (tertiary alicyclic amines) is 1. The Bertz CT molecular complexity index is 1040. The van der Waals surface area contributed by atoms with Crippen LogP contribution in [-0.2, 0) is 14.3 Å². The highest BCUT2D eigenvalue weighted by Gasteiger charge is 2.39. The molecule has 0 bridgehead atoms. The molecule has 3 atom stereocenters. The van der Waals surface area contributed by atoms with Crippen molar-refractivity contribution in [2.75, 3.05) is 13.2 Å². The molecule has 1 aliphatic heterocycles. The minimum atomic E-state index is -0.875. The van der Waals surface area contributed by atoms with Gasteiger partial charge in [0.15, 0.2) is 0 Å². The van der Waals surface area contributed by atoms with Gasteiger partial charge < -0.3 is 20.1 Å². The Balaban J connectivity index is 1.37. The molecule has 34 heavy (non-hydrogen) atoms. The Morgan fingerprint density at radius 3 is 2.18 bits per heavy atom. The van der Waals surface area contributed by atoms with Gasteiger partial charge in [0.1, 0.15) is 6.61 Å². The van der Waals surface area contributed by atoms with E-state index in [1.807, 2.05) is 38.1 Å². The second-order valence-electron chi connectivity index (χ2n) is 9.59. The van der Waals surface area contributed by atoms with Crippen LogP contribution in [0, 0.1) is 11.8 Å². The Hall–Kier alpha value is -3.35. The molecule has 2 aliphatic rings. The molecule has 1 aliphatic carbocycles. The van der Waals surface area contributed by atoms with Gasteiger partial charge in [0.25, 0.3) is 0 Å². The van der Waals surface area contributed by atoms with E-state index in [1.165, 1.54) is 0 Å². The second-order valence-corrected chi connectivity index (χ2v) is 9.59. The van der Waals surface area contributed by atoms with Crippen LogP contribution >= 0.6 is 0 Å². The smallest absolute Gasteiger partial charge is 0.407 e. The maximum Gasteiger partial charge on any atom is 0.407 e. The lowest BCUT2D eigenvalue weighted by molar-refractivity contribution is -0.143. The van der Waals surface area contributed by atoms with Crippen LogP contribution in [0.25, 0.3) is 11.1 Å². The lowest BCUT2D eigenvalue weighted by Gasteiger charge is -2.28. The minimum Gasteiger partial charge on any atom is -0.481 e. The normalized spacial score (nSPS) is 20.1. The highest BCUT2D eigenvalue weighted by atomic mass is 16.5. The summed E-state index contributed by atoms with van der Waals surface area (Å²) >= 11 is 0.